The van der Waals surface area contributed by atoms with Crippen LogP contribution >= 0.6 is 0 Å². The van der Waals surface area contributed by atoms with Crippen molar-refractivity contribution in [3.05, 3.63) is 65.7 Å². The van der Waals surface area contributed by atoms with Crippen molar-refractivity contribution in [3.63, 3.8) is 0 Å². The van der Waals surface area contributed by atoms with Crippen molar-refractivity contribution in [2.45, 2.75) is 50.2 Å². The first-order valence-corrected chi connectivity index (χ1v) is 12.8. The second-order valence-corrected chi connectivity index (χ2v) is 9.86. The lowest BCUT2D eigenvalue weighted by Crippen LogP contribution is -3.08. The molecule has 36 heavy (non-hydrogen) atoms. The van der Waals surface area contributed by atoms with Gasteiger partial charge in [0.2, 0.25) is 0 Å². The number of urea groups is 1. The fourth-order valence-electron chi connectivity index (χ4n) is 5.58. The monoisotopic (exact) mass is 490 g/mol. The number of carbonyl (C=O) groups is 1. The minimum atomic E-state index is -0.250. The Labute approximate surface area is 210 Å². The van der Waals surface area contributed by atoms with Crippen LogP contribution in [0.5, 0.6) is 0 Å². The molecule has 0 bridgehead atoms. The van der Waals surface area contributed by atoms with Gasteiger partial charge in [-0.15, -0.1) is 5.10 Å². The van der Waals surface area contributed by atoms with Crippen LogP contribution in [0.25, 0.3) is 11.4 Å². The molecular formula is C26H32N7O3+. The van der Waals surface area contributed by atoms with Gasteiger partial charge in [-0.3, -0.25) is 0 Å². The Kier molecular flexibility index (Phi) is 6.63. The summed E-state index contributed by atoms with van der Waals surface area (Å²) < 4.78 is 14.0. The molecule has 2 aromatic carbocycles. The van der Waals surface area contributed by atoms with Gasteiger partial charge < -0.3 is 25.0 Å². The van der Waals surface area contributed by atoms with Crippen LogP contribution in [0, 0.1) is 0 Å². The maximum absolute atomic E-state index is 12.5. The van der Waals surface area contributed by atoms with Gasteiger partial charge in [-0.1, -0.05) is 48.5 Å². The van der Waals surface area contributed by atoms with Crippen molar-refractivity contribution in [2.24, 2.45) is 0 Å². The maximum Gasteiger partial charge on any atom is 0.315 e. The Bertz CT molecular complexity index is 1180. The van der Waals surface area contributed by atoms with Crippen molar-refractivity contribution < 1.29 is 19.2 Å². The highest BCUT2D eigenvalue weighted by Crippen LogP contribution is 2.35. The molecule has 3 N–H and O–H groups in total. The van der Waals surface area contributed by atoms with E-state index >= 15 is 0 Å². The molecule has 4 atom stereocenters. The van der Waals surface area contributed by atoms with Crippen LogP contribution in [0.3, 0.4) is 0 Å². The molecule has 3 aliphatic heterocycles. The number of likely N-dealkylation sites (tertiary alicyclic amines) is 1. The first-order valence-electron chi connectivity index (χ1n) is 12.8. The Hall–Kier alpha value is -3.34. The zero-order valence-corrected chi connectivity index (χ0v) is 20.2. The molecule has 3 saturated heterocycles. The number of tetrazole rings is 1. The van der Waals surface area contributed by atoms with Gasteiger partial charge in [0, 0.05) is 30.5 Å². The van der Waals surface area contributed by atoms with Gasteiger partial charge in [-0.25, -0.2) is 9.48 Å². The Balaban J connectivity index is 1.10. The van der Waals surface area contributed by atoms with Gasteiger partial charge in [-0.2, -0.15) is 0 Å². The normalized spacial score (nSPS) is 25.7. The number of carbonyl (C=O) groups excluding carboxylic acids is 1. The highest BCUT2D eigenvalue weighted by molar-refractivity contribution is 5.74. The van der Waals surface area contributed by atoms with Crippen molar-refractivity contribution in [1.29, 1.82) is 0 Å². The summed E-state index contributed by atoms with van der Waals surface area (Å²) in [6, 6.07) is 17.7. The SMILES string of the molecule is O=C(NCc1ccccc1)N[C@H]1CO[C@H]2[C@@H]1OC[C@@H]2n1nnnc1-c1cccc(C[NH+]2CCCC2)c1. The molecule has 2 amide bonds. The van der Waals surface area contributed by atoms with Crippen molar-refractivity contribution in [1.82, 2.24) is 30.8 Å². The summed E-state index contributed by atoms with van der Waals surface area (Å²) in [6.45, 7) is 4.77. The summed E-state index contributed by atoms with van der Waals surface area (Å²) in [4.78, 5) is 14.1. The van der Waals surface area contributed by atoms with Crippen LogP contribution in [-0.2, 0) is 22.6 Å². The predicted octanol–water partition coefficient (Wildman–Crippen LogP) is 0.726. The molecule has 4 heterocycles. The average molecular weight is 491 g/mol. The molecule has 10 nitrogen and oxygen atoms in total. The van der Waals surface area contributed by atoms with Gasteiger partial charge in [0.1, 0.15) is 24.8 Å². The fraction of sp³-hybridized carbons (Fsp3) is 0.462. The summed E-state index contributed by atoms with van der Waals surface area (Å²) in [5.74, 6) is 0.711. The van der Waals surface area contributed by atoms with E-state index in [9.17, 15) is 4.79 Å². The number of benzene rings is 2. The number of aromatic nitrogens is 4. The topological polar surface area (TPSA) is 108 Å². The number of rotatable bonds is 7. The zero-order chi connectivity index (χ0) is 24.3. The highest BCUT2D eigenvalue weighted by Gasteiger charge is 2.50. The lowest BCUT2D eigenvalue weighted by atomic mass is 10.1. The van der Waals surface area contributed by atoms with Crippen LogP contribution in [0.1, 0.15) is 30.0 Å². The van der Waals surface area contributed by atoms with Crippen LogP contribution in [0.2, 0.25) is 0 Å². The van der Waals surface area contributed by atoms with E-state index < -0.39 is 0 Å². The second kappa shape index (κ2) is 10.3. The van der Waals surface area contributed by atoms with E-state index in [-0.39, 0.29) is 30.3 Å². The average Bonchev–Trinajstić information content (AvgIpc) is 3.70. The third-order valence-electron chi connectivity index (χ3n) is 7.40. The molecule has 188 valence electrons. The summed E-state index contributed by atoms with van der Waals surface area (Å²) in [5.41, 5.74) is 3.33. The van der Waals surface area contributed by atoms with E-state index in [2.05, 4.69) is 50.4 Å². The second-order valence-electron chi connectivity index (χ2n) is 9.86. The highest BCUT2D eigenvalue weighted by atomic mass is 16.6. The number of nitrogens with zero attached hydrogens (tertiary/aromatic N) is 4. The first kappa shape index (κ1) is 23.1. The van der Waals surface area contributed by atoms with Crippen molar-refractivity contribution in [2.75, 3.05) is 26.3 Å². The molecule has 0 unspecified atom stereocenters. The third kappa shape index (κ3) is 4.84. The van der Waals surface area contributed by atoms with E-state index in [0.717, 1.165) is 17.7 Å². The summed E-state index contributed by atoms with van der Waals surface area (Å²) in [5, 5.41) is 18.5. The third-order valence-corrected chi connectivity index (χ3v) is 7.40. The Morgan fingerprint density at radius 2 is 1.81 bits per heavy atom. The lowest BCUT2D eigenvalue weighted by molar-refractivity contribution is -0.901. The van der Waals surface area contributed by atoms with E-state index in [4.69, 9.17) is 9.47 Å². The van der Waals surface area contributed by atoms with Crippen LogP contribution in [0.15, 0.2) is 54.6 Å². The number of amides is 2. The van der Waals surface area contributed by atoms with Crippen LogP contribution < -0.4 is 15.5 Å². The standard InChI is InChI=1S/C26H31N7O3/c34-26(27-14-18-7-2-1-3-8-18)28-21-16-35-24-22(17-36-23(21)24)33-25(29-30-31-33)20-10-6-9-19(13-20)15-32-11-4-5-12-32/h1-3,6-10,13,21-24H,4-5,11-12,14-17H2,(H2,27,28,34)/p+1/t21-,22-,23+,24+/m0/s1. The number of hydrogen-bond donors (Lipinski definition) is 3. The fourth-order valence-corrected chi connectivity index (χ4v) is 5.58. The number of nitrogens with one attached hydrogen (secondary N) is 3. The van der Waals surface area contributed by atoms with E-state index in [1.54, 1.807) is 4.90 Å². The quantitative estimate of drug-likeness (QED) is 0.451. The minimum Gasteiger partial charge on any atom is -0.371 e. The first-order chi connectivity index (χ1) is 17.7. The van der Waals surface area contributed by atoms with Crippen molar-refractivity contribution >= 4 is 6.03 Å². The Morgan fingerprint density at radius 3 is 2.67 bits per heavy atom. The number of ether oxygens (including phenoxy) is 2. The van der Waals surface area contributed by atoms with Gasteiger partial charge in [0.25, 0.3) is 0 Å². The maximum atomic E-state index is 12.5. The number of quaternary nitrogens is 1. The minimum absolute atomic E-state index is 0.160. The van der Waals surface area contributed by atoms with Gasteiger partial charge in [-0.05, 0) is 22.1 Å². The molecule has 3 fully saturated rings. The molecule has 0 radical (unpaired) electrons. The molecule has 0 spiro atoms. The molecule has 0 saturated carbocycles. The summed E-state index contributed by atoms with van der Waals surface area (Å²) >= 11 is 0. The zero-order valence-electron chi connectivity index (χ0n) is 20.2. The van der Waals surface area contributed by atoms with Gasteiger partial charge >= 0.3 is 6.03 Å². The lowest BCUT2D eigenvalue weighted by Gasteiger charge is -2.18. The smallest absolute Gasteiger partial charge is 0.315 e. The summed E-state index contributed by atoms with van der Waals surface area (Å²) in [6.07, 6.45) is 2.13. The summed E-state index contributed by atoms with van der Waals surface area (Å²) in [7, 11) is 0. The van der Waals surface area contributed by atoms with Crippen molar-refractivity contribution in [3.8, 4) is 11.4 Å². The number of hydrogen-bond acceptors (Lipinski definition) is 6. The largest absolute Gasteiger partial charge is 0.371 e. The van der Waals surface area contributed by atoms with Crippen LogP contribution in [0.4, 0.5) is 4.79 Å². The van der Waals surface area contributed by atoms with E-state index in [1.165, 1.54) is 31.5 Å². The number of fused-ring (bicyclic) bond motifs is 1. The van der Waals surface area contributed by atoms with E-state index in [1.807, 2.05) is 35.0 Å². The molecule has 0 aliphatic carbocycles. The molecule has 3 aliphatic rings. The van der Waals surface area contributed by atoms with Crippen LogP contribution in [-0.4, -0.2) is 70.8 Å². The van der Waals surface area contributed by atoms with Gasteiger partial charge in [0.15, 0.2) is 5.82 Å². The Morgan fingerprint density at radius 1 is 1.00 bits per heavy atom. The van der Waals surface area contributed by atoms with Gasteiger partial charge in [0.05, 0.1) is 32.3 Å². The molecule has 10 heteroatoms. The molecule has 3 aromatic rings. The predicted molar refractivity (Wildman–Crippen MR) is 131 cm³/mol. The molecular weight excluding hydrogens is 458 g/mol. The van der Waals surface area contributed by atoms with E-state index in [0.29, 0.717) is 25.6 Å². The molecule has 1 aromatic heterocycles. The molecule has 6 rings (SSSR count).